The molecule has 1 unspecified atom stereocenters. The number of aromatic nitrogens is 2. The predicted octanol–water partition coefficient (Wildman–Crippen LogP) is 2.64. The van der Waals surface area contributed by atoms with Crippen LogP contribution < -0.4 is 5.32 Å². The Morgan fingerprint density at radius 3 is 3.06 bits per heavy atom. The van der Waals surface area contributed by atoms with E-state index in [-0.39, 0.29) is 0 Å². The molecule has 3 heteroatoms. The maximum absolute atomic E-state index is 4.25. The maximum atomic E-state index is 4.25. The molecule has 92 valence electrons. The lowest BCUT2D eigenvalue weighted by molar-refractivity contribution is 0.456. The van der Waals surface area contributed by atoms with Crippen LogP contribution in [0.15, 0.2) is 42.9 Å². The second kappa shape index (κ2) is 5.27. The highest BCUT2D eigenvalue weighted by atomic mass is 14.9. The average molecular weight is 239 g/mol. The first-order chi connectivity index (χ1) is 8.93. The van der Waals surface area contributed by atoms with Crippen molar-refractivity contribution >= 4 is 0 Å². The molecule has 0 radical (unpaired) electrons. The van der Waals surface area contributed by atoms with E-state index in [9.17, 15) is 0 Å². The van der Waals surface area contributed by atoms with Crippen LogP contribution in [0.2, 0.25) is 0 Å². The molecular formula is C15H17N3. The lowest BCUT2D eigenvalue weighted by Crippen LogP contribution is -2.25. The highest BCUT2D eigenvalue weighted by molar-refractivity contribution is 5.32. The second-order valence-corrected chi connectivity index (χ2v) is 4.73. The number of rotatable bonds is 3. The van der Waals surface area contributed by atoms with Gasteiger partial charge in [0.05, 0.1) is 5.69 Å². The lowest BCUT2D eigenvalue weighted by Gasteiger charge is -2.26. The first kappa shape index (κ1) is 11.4. The summed E-state index contributed by atoms with van der Waals surface area (Å²) in [4.78, 5) is 8.18. The molecule has 0 aliphatic heterocycles. The molecule has 1 aliphatic rings. The molecule has 1 aliphatic carbocycles. The fourth-order valence-corrected chi connectivity index (χ4v) is 2.62. The van der Waals surface area contributed by atoms with Crippen molar-refractivity contribution < 1.29 is 0 Å². The van der Waals surface area contributed by atoms with Crippen molar-refractivity contribution in [3.8, 4) is 0 Å². The second-order valence-electron chi connectivity index (χ2n) is 4.73. The summed E-state index contributed by atoms with van der Waals surface area (Å²) in [6.07, 6.45) is 7.08. The van der Waals surface area contributed by atoms with Gasteiger partial charge in [-0.15, -0.1) is 0 Å². The van der Waals surface area contributed by atoms with E-state index in [2.05, 4.69) is 39.6 Å². The molecule has 1 aromatic carbocycles. The quantitative estimate of drug-likeness (QED) is 0.894. The number of hydrogen-bond donors (Lipinski definition) is 1. The molecule has 3 rings (SSSR count). The highest BCUT2D eigenvalue weighted by Crippen LogP contribution is 2.29. The van der Waals surface area contributed by atoms with Gasteiger partial charge in [0.2, 0.25) is 0 Å². The minimum atomic E-state index is 0.463. The summed E-state index contributed by atoms with van der Waals surface area (Å²) in [5.41, 5.74) is 4.00. The van der Waals surface area contributed by atoms with Crippen LogP contribution in [0.4, 0.5) is 0 Å². The largest absolute Gasteiger partial charge is 0.304 e. The van der Waals surface area contributed by atoms with Gasteiger partial charge in [0.1, 0.15) is 6.33 Å². The van der Waals surface area contributed by atoms with Crippen LogP contribution in [-0.4, -0.2) is 9.97 Å². The highest BCUT2D eigenvalue weighted by Gasteiger charge is 2.18. The smallest absolute Gasteiger partial charge is 0.115 e. The maximum Gasteiger partial charge on any atom is 0.115 e. The molecule has 0 spiro atoms. The van der Waals surface area contributed by atoms with Gasteiger partial charge >= 0.3 is 0 Å². The fourth-order valence-electron chi connectivity index (χ4n) is 2.62. The Hall–Kier alpha value is -1.74. The molecule has 3 nitrogen and oxygen atoms in total. The number of nitrogens with zero attached hydrogens (tertiary/aromatic N) is 2. The third-order valence-electron chi connectivity index (χ3n) is 3.54. The topological polar surface area (TPSA) is 37.8 Å². The molecule has 18 heavy (non-hydrogen) atoms. The van der Waals surface area contributed by atoms with E-state index in [0.29, 0.717) is 6.04 Å². The minimum Gasteiger partial charge on any atom is -0.304 e. The number of nitrogens with one attached hydrogen (secondary N) is 1. The van der Waals surface area contributed by atoms with Crippen LogP contribution in [0.5, 0.6) is 0 Å². The molecule has 0 amide bonds. The van der Waals surface area contributed by atoms with Gasteiger partial charge in [-0.05, 0) is 36.5 Å². The van der Waals surface area contributed by atoms with Crippen molar-refractivity contribution in [2.24, 2.45) is 0 Å². The molecule has 0 bridgehead atoms. The Morgan fingerprint density at radius 2 is 2.17 bits per heavy atom. The molecule has 1 aromatic heterocycles. The van der Waals surface area contributed by atoms with E-state index >= 15 is 0 Å². The molecule has 0 fully saturated rings. The van der Waals surface area contributed by atoms with Crippen LogP contribution in [0.3, 0.4) is 0 Å². The summed E-state index contributed by atoms with van der Waals surface area (Å²) < 4.78 is 0. The summed E-state index contributed by atoms with van der Waals surface area (Å²) >= 11 is 0. The summed E-state index contributed by atoms with van der Waals surface area (Å²) in [6, 6.07) is 11.2. The first-order valence-corrected chi connectivity index (χ1v) is 6.49. The Balaban J connectivity index is 1.71. The summed E-state index contributed by atoms with van der Waals surface area (Å²) in [6.45, 7) is 0.807. The summed E-state index contributed by atoms with van der Waals surface area (Å²) in [7, 11) is 0. The van der Waals surface area contributed by atoms with Gasteiger partial charge in [-0.1, -0.05) is 24.3 Å². The fraction of sp³-hybridized carbons (Fsp3) is 0.333. The monoisotopic (exact) mass is 239 g/mol. The van der Waals surface area contributed by atoms with Crippen LogP contribution in [0.1, 0.15) is 35.7 Å². The zero-order chi connectivity index (χ0) is 12.2. The van der Waals surface area contributed by atoms with E-state index in [1.165, 1.54) is 30.4 Å². The summed E-state index contributed by atoms with van der Waals surface area (Å²) in [5.74, 6) is 0. The van der Waals surface area contributed by atoms with Crippen molar-refractivity contribution in [2.75, 3.05) is 0 Å². The average Bonchev–Trinajstić information content (AvgIpc) is 2.46. The van der Waals surface area contributed by atoms with Crippen molar-refractivity contribution in [2.45, 2.75) is 31.8 Å². The van der Waals surface area contributed by atoms with Crippen molar-refractivity contribution in [3.63, 3.8) is 0 Å². The Morgan fingerprint density at radius 1 is 1.22 bits per heavy atom. The van der Waals surface area contributed by atoms with Crippen molar-refractivity contribution in [1.82, 2.24) is 15.3 Å². The van der Waals surface area contributed by atoms with Gasteiger partial charge < -0.3 is 5.32 Å². The third-order valence-corrected chi connectivity index (χ3v) is 3.54. The zero-order valence-corrected chi connectivity index (χ0v) is 10.3. The van der Waals surface area contributed by atoms with E-state index in [1.807, 2.05) is 6.07 Å². The van der Waals surface area contributed by atoms with E-state index in [4.69, 9.17) is 0 Å². The molecule has 1 heterocycles. The lowest BCUT2D eigenvalue weighted by atomic mass is 9.88. The predicted molar refractivity (Wildman–Crippen MR) is 71.0 cm³/mol. The van der Waals surface area contributed by atoms with Gasteiger partial charge in [-0.3, -0.25) is 0 Å². The molecule has 2 aromatic rings. The number of aryl methyl sites for hydroxylation is 1. The molecule has 0 saturated carbocycles. The normalized spacial score (nSPS) is 18.3. The van der Waals surface area contributed by atoms with E-state index in [0.717, 1.165) is 12.2 Å². The number of fused-ring (bicyclic) bond motifs is 1. The Labute approximate surface area is 107 Å². The van der Waals surface area contributed by atoms with E-state index in [1.54, 1.807) is 12.5 Å². The zero-order valence-electron chi connectivity index (χ0n) is 10.3. The van der Waals surface area contributed by atoms with Gasteiger partial charge in [-0.25, -0.2) is 9.97 Å². The van der Waals surface area contributed by atoms with Crippen LogP contribution in [-0.2, 0) is 13.0 Å². The number of benzene rings is 1. The van der Waals surface area contributed by atoms with Crippen molar-refractivity contribution in [1.29, 1.82) is 0 Å². The van der Waals surface area contributed by atoms with Crippen LogP contribution in [0.25, 0.3) is 0 Å². The van der Waals surface area contributed by atoms with Gasteiger partial charge in [0, 0.05) is 18.8 Å². The van der Waals surface area contributed by atoms with E-state index < -0.39 is 0 Å². The third kappa shape index (κ3) is 2.41. The van der Waals surface area contributed by atoms with Crippen LogP contribution >= 0.6 is 0 Å². The van der Waals surface area contributed by atoms with Crippen molar-refractivity contribution in [3.05, 3.63) is 59.7 Å². The minimum absolute atomic E-state index is 0.463. The SMILES string of the molecule is c1ccc2c(c1)CCCC2NCc1ccncn1. The standard InChI is InChI=1S/C15H17N3/c1-2-6-14-12(4-1)5-3-7-15(14)17-10-13-8-9-16-11-18-13/h1-2,4,6,8-9,11,15,17H,3,5,7,10H2. The van der Waals surface area contributed by atoms with Gasteiger partial charge in [-0.2, -0.15) is 0 Å². The van der Waals surface area contributed by atoms with Gasteiger partial charge in [0.15, 0.2) is 0 Å². The summed E-state index contributed by atoms with van der Waals surface area (Å²) in [5, 5.41) is 3.60. The Kier molecular flexibility index (Phi) is 3.33. The Bertz CT molecular complexity index is 510. The molecule has 0 saturated heterocycles. The first-order valence-electron chi connectivity index (χ1n) is 6.49. The van der Waals surface area contributed by atoms with Crippen LogP contribution in [0, 0.1) is 0 Å². The molecule has 1 N–H and O–H groups in total. The van der Waals surface area contributed by atoms with Gasteiger partial charge in [0.25, 0.3) is 0 Å². The molecule has 1 atom stereocenters. The molecular weight excluding hydrogens is 222 g/mol. The number of hydrogen-bond acceptors (Lipinski definition) is 3.